The summed E-state index contributed by atoms with van der Waals surface area (Å²) in [6.45, 7) is 5.56. The van der Waals surface area contributed by atoms with Gasteiger partial charge in [0, 0.05) is 53.6 Å². The average Bonchev–Trinajstić information content (AvgIpc) is 3.87. The van der Waals surface area contributed by atoms with E-state index >= 15 is 0 Å². The number of para-hydroxylation sites is 2. The minimum absolute atomic E-state index is 0.0117. The van der Waals surface area contributed by atoms with Gasteiger partial charge in [0.05, 0.1) is 0 Å². The Kier molecular flexibility index (Phi) is 15.4. The van der Waals surface area contributed by atoms with Crippen molar-refractivity contribution in [2.45, 2.75) is 89.8 Å². The minimum atomic E-state index is -1.20. The Hall–Kier alpha value is -7.09. The van der Waals surface area contributed by atoms with Crippen molar-refractivity contribution < 1.29 is 38.2 Å². The fourth-order valence-corrected chi connectivity index (χ4v) is 6.97. The summed E-state index contributed by atoms with van der Waals surface area (Å²) in [5.74, 6) is -1.91. The lowest BCUT2D eigenvalue weighted by Crippen LogP contribution is -2.57. The smallest absolute Gasteiger partial charge is 0.408 e. The maximum absolute atomic E-state index is 14.5. The van der Waals surface area contributed by atoms with Crippen molar-refractivity contribution in [3.8, 4) is 0 Å². The third-order valence-electron chi connectivity index (χ3n) is 10.1. The Morgan fingerprint density at radius 1 is 0.565 bits per heavy atom. The van der Waals surface area contributed by atoms with Crippen LogP contribution in [0.15, 0.2) is 122 Å². The second-order valence-electron chi connectivity index (χ2n) is 16.0. The third kappa shape index (κ3) is 13.2. The number of ether oxygens (including phenoxy) is 3. The molecule has 324 valence electrons. The van der Waals surface area contributed by atoms with Crippen molar-refractivity contribution in [3.63, 3.8) is 0 Å². The van der Waals surface area contributed by atoms with E-state index in [1.165, 1.54) is 0 Å². The van der Waals surface area contributed by atoms with Gasteiger partial charge in [-0.25, -0.2) is 14.4 Å². The van der Waals surface area contributed by atoms with Crippen LogP contribution in [-0.4, -0.2) is 70.2 Å². The van der Waals surface area contributed by atoms with E-state index < -0.39 is 53.7 Å². The van der Waals surface area contributed by atoms with Crippen LogP contribution in [0.4, 0.5) is 9.59 Å². The number of hydrogen-bond donors (Lipinski definition) is 6. The van der Waals surface area contributed by atoms with E-state index in [1.807, 2.05) is 109 Å². The first-order chi connectivity index (χ1) is 29.9. The molecule has 0 unspecified atom stereocenters. The molecule has 62 heavy (non-hydrogen) atoms. The van der Waals surface area contributed by atoms with Crippen molar-refractivity contribution in [3.05, 3.63) is 144 Å². The normalized spacial score (nSPS) is 12.8. The molecule has 0 saturated carbocycles. The summed E-state index contributed by atoms with van der Waals surface area (Å²) in [6.07, 6.45) is 3.41. The Balaban J connectivity index is 1.19. The van der Waals surface area contributed by atoms with Crippen molar-refractivity contribution in [2.75, 3.05) is 6.54 Å². The molecule has 4 aromatic carbocycles. The van der Waals surface area contributed by atoms with E-state index in [1.54, 1.807) is 33.2 Å². The maximum atomic E-state index is 14.5. The van der Waals surface area contributed by atoms with E-state index in [0.29, 0.717) is 12.8 Å². The summed E-state index contributed by atoms with van der Waals surface area (Å²) in [5, 5.41) is 13.0. The SMILES string of the molecule is CC(C)(C)OC(=O)N[C@@H](Cc1c[nH]c2ccccc12)C(=O)N[C@@H](Cc1c[nH]c2ccccc12)C(=O)N[C@@H](CCCCNC(=O)OCc1ccccc1)C(=O)OCc1ccccc1. The predicted molar refractivity (Wildman–Crippen MR) is 236 cm³/mol. The largest absolute Gasteiger partial charge is 0.459 e. The summed E-state index contributed by atoms with van der Waals surface area (Å²) in [7, 11) is 0. The number of unbranched alkanes of at least 4 members (excludes halogenated alkanes) is 1. The zero-order valence-electron chi connectivity index (χ0n) is 35.2. The molecular formula is C48H54N6O8. The lowest BCUT2D eigenvalue weighted by molar-refractivity contribution is -0.149. The predicted octanol–water partition coefficient (Wildman–Crippen LogP) is 7.14. The van der Waals surface area contributed by atoms with Gasteiger partial charge in [0.15, 0.2) is 0 Å². The zero-order chi connectivity index (χ0) is 43.9. The van der Waals surface area contributed by atoms with Gasteiger partial charge in [0.2, 0.25) is 11.8 Å². The van der Waals surface area contributed by atoms with Crippen LogP contribution in [0.2, 0.25) is 0 Å². The van der Waals surface area contributed by atoms with Gasteiger partial charge in [-0.1, -0.05) is 97.1 Å². The number of aromatic amines is 2. The van der Waals surface area contributed by atoms with E-state index in [4.69, 9.17) is 14.2 Å². The molecule has 0 aliphatic rings. The number of fused-ring (bicyclic) bond motifs is 2. The molecule has 2 aromatic heterocycles. The fourth-order valence-electron chi connectivity index (χ4n) is 6.97. The molecule has 4 amide bonds. The Labute approximate surface area is 360 Å². The first-order valence-electron chi connectivity index (χ1n) is 20.8. The van der Waals surface area contributed by atoms with E-state index in [0.717, 1.165) is 44.1 Å². The quantitative estimate of drug-likeness (QED) is 0.0282. The van der Waals surface area contributed by atoms with E-state index in [9.17, 15) is 24.0 Å². The molecule has 0 saturated heterocycles. The molecule has 14 nitrogen and oxygen atoms in total. The average molecular weight is 843 g/mol. The van der Waals surface area contributed by atoms with Gasteiger partial charge in [0.25, 0.3) is 0 Å². The van der Waals surface area contributed by atoms with Crippen LogP contribution in [0.25, 0.3) is 21.8 Å². The third-order valence-corrected chi connectivity index (χ3v) is 10.1. The summed E-state index contributed by atoms with van der Waals surface area (Å²) in [6, 6.07) is 30.3. The fraction of sp³-hybridized carbons (Fsp3) is 0.312. The number of carbonyl (C=O) groups is 5. The summed E-state index contributed by atoms with van der Waals surface area (Å²) >= 11 is 0. The molecule has 6 aromatic rings. The van der Waals surface area contributed by atoms with Gasteiger partial charge >= 0.3 is 18.2 Å². The molecule has 2 heterocycles. The molecule has 6 rings (SSSR count). The molecule has 6 N–H and O–H groups in total. The monoisotopic (exact) mass is 842 g/mol. The molecule has 0 spiro atoms. The highest BCUT2D eigenvalue weighted by molar-refractivity contribution is 5.94. The minimum Gasteiger partial charge on any atom is -0.459 e. The highest BCUT2D eigenvalue weighted by Crippen LogP contribution is 2.22. The van der Waals surface area contributed by atoms with Crippen LogP contribution in [-0.2, 0) is 54.6 Å². The highest BCUT2D eigenvalue weighted by atomic mass is 16.6. The van der Waals surface area contributed by atoms with Crippen molar-refractivity contribution in [1.29, 1.82) is 0 Å². The van der Waals surface area contributed by atoms with Crippen LogP contribution >= 0.6 is 0 Å². The van der Waals surface area contributed by atoms with Gasteiger partial charge in [-0.2, -0.15) is 0 Å². The topological polar surface area (TPSA) is 193 Å². The number of nitrogens with one attached hydrogen (secondary N) is 6. The lowest BCUT2D eigenvalue weighted by Gasteiger charge is -2.26. The number of aromatic nitrogens is 2. The van der Waals surface area contributed by atoms with Crippen molar-refractivity contribution >= 4 is 51.8 Å². The highest BCUT2D eigenvalue weighted by Gasteiger charge is 2.32. The summed E-state index contributed by atoms with van der Waals surface area (Å²) < 4.78 is 16.5. The number of hydrogen-bond acceptors (Lipinski definition) is 8. The van der Waals surface area contributed by atoms with Crippen molar-refractivity contribution in [2.24, 2.45) is 0 Å². The first-order valence-corrected chi connectivity index (χ1v) is 20.8. The van der Waals surface area contributed by atoms with Gasteiger partial charge in [-0.15, -0.1) is 0 Å². The second-order valence-corrected chi connectivity index (χ2v) is 16.0. The van der Waals surface area contributed by atoms with Crippen molar-refractivity contribution in [1.82, 2.24) is 31.2 Å². The van der Waals surface area contributed by atoms with Gasteiger partial charge in [-0.3, -0.25) is 9.59 Å². The maximum Gasteiger partial charge on any atom is 0.408 e. The molecule has 14 heteroatoms. The van der Waals surface area contributed by atoms with Crippen LogP contribution in [0.5, 0.6) is 0 Å². The Morgan fingerprint density at radius 3 is 1.60 bits per heavy atom. The number of amides is 4. The molecule has 0 bridgehead atoms. The number of esters is 1. The summed E-state index contributed by atoms with van der Waals surface area (Å²) in [4.78, 5) is 74.6. The second kappa shape index (κ2) is 21.4. The molecule has 0 aliphatic carbocycles. The number of rotatable bonds is 19. The standard InChI is InChI=1S/C48H54N6O8/c1-48(2,3)62-47(59)54-42(27-35-29-51-39-23-13-11-21-37(35)39)44(56)53-41(26-34-28-50-38-22-12-10-20-36(34)38)43(55)52-40(45(57)60-30-32-16-6-4-7-17-32)24-14-15-25-49-46(58)61-31-33-18-8-5-9-19-33/h4-13,16-23,28-29,40-42,50-51H,14-15,24-27,30-31H2,1-3H3,(H,49,58)(H,52,55)(H,53,56)(H,54,59)/t40-,41-,42-/m0/s1. The van der Waals surface area contributed by atoms with Gasteiger partial charge in [-0.05, 0) is 74.4 Å². The molecule has 0 fully saturated rings. The Morgan fingerprint density at radius 2 is 1.05 bits per heavy atom. The van der Waals surface area contributed by atoms with Gasteiger partial charge in [0.1, 0.15) is 36.9 Å². The first kappa shape index (κ1) is 44.5. The van der Waals surface area contributed by atoms with E-state index in [-0.39, 0.29) is 39.0 Å². The van der Waals surface area contributed by atoms with Crippen LogP contribution in [0.1, 0.15) is 62.3 Å². The zero-order valence-corrected chi connectivity index (χ0v) is 35.2. The van der Waals surface area contributed by atoms with Crippen LogP contribution in [0.3, 0.4) is 0 Å². The van der Waals surface area contributed by atoms with Crippen LogP contribution in [0, 0.1) is 0 Å². The molecule has 3 atom stereocenters. The lowest BCUT2D eigenvalue weighted by atomic mass is 10.0. The number of alkyl carbamates (subject to hydrolysis) is 2. The molecular weight excluding hydrogens is 789 g/mol. The number of H-pyrrole nitrogens is 2. The number of carbonyl (C=O) groups excluding carboxylic acids is 5. The molecule has 0 radical (unpaired) electrons. The van der Waals surface area contributed by atoms with Gasteiger partial charge < -0.3 is 45.4 Å². The Bertz CT molecular complexity index is 2420. The number of benzene rings is 4. The van der Waals surface area contributed by atoms with E-state index in [2.05, 4.69) is 31.2 Å². The molecule has 0 aliphatic heterocycles. The summed E-state index contributed by atoms with van der Waals surface area (Å²) in [5.41, 5.74) is 4.02. The van der Waals surface area contributed by atoms with Crippen LogP contribution < -0.4 is 21.3 Å².